The molecule has 2 atom stereocenters. The van der Waals surface area contributed by atoms with Gasteiger partial charge in [0.2, 0.25) is 5.91 Å². The van der Waals surface area contributed by atoms with Crippen LogP contribution in [0.25, 0.3) is 0 Å². The van der Waals surface area contributed by atoms with Crippen molar-refractivity contribution in [1.29, 1.82) is 0 Å². The summed E-state index contributed by atoms with van der Waals surface area (Å²) in [4.78, 5) is 2.05. The first-order valence-electron chi connectivity index (χ1n) is 5.53. The van der Waals surface area contributed by atoms with Crippen molar-refractivity contribution in [3.63, 3.8) is 0 Å². The smallest absolute Gasteiger partial charge is 0.243 e. The Labute approximate surface area is 85.2 Å². The van der Waals surface area contributed by atoms with Crippen LogP contribution in [0.2, 0.25) is 0 Å². The second-order valence-corrected chi connectivity index (χ2v) is 4.21. The molecule has 0 aliphatic carbocycles. The molecule has 2 N–H and O–H groups in total. The SMILES string of the molecule is COC(O)(C1CCCN1)N1CCCC1. The second-order valence-electron chi connectivity index (χ2n) is 4.21. The lowest BCUT2D eigenvalue weighted by molar-refractivity contribution is -0.289. The molecule has 0 aromatic heterocycles. The van der Waals surface area contributed by atoms with Gasteiger partial charge < -0.3 is 15.2 Å². The van der Waals surface area contributed by atoms with Crippen LogP contribution in [-0.4, -0.2) is 48.7 Å². The minimum Gasteiger partial charge on any atom is -0.352 e. The molecule has 0 spiro atoms. The van der Waals surface area contributed by atoms with Crippen LogP contribution in [-0.2, 0) is 4.74 Å². The standard InChI is InChI=1S/C10H20N2O2/c1-14-10(13,9-5-4-6-11-9)12-7-2-3-8-12/h9,11,13H,2-8H2,1H3. The van der Waals surface area contributed by atoms with Crippen LogP contribution in [0, 0.1) is 0 Å². The van der Waals surface area contributed by atoms with Crippen molar-refractivity contribution in [2.24, 2.45) is 0 Å². The summed E-state index contributed by atoms with van der Waals surface area (Å²) in [5.74, 6) is -1.08. The van der Waals surface area contributed by atoms with E-state index >= 15 is 0 Å². The predicted molar refractivity (Wildman–Crippen MR) is 53.8 cm³/mol. The molecule has 4 heteroatoms. The van der Waals surface area contributed by atoms with Crippen molar-refractivity contribution in [1.82, 2.24) is 10.2 Å². The Hall–Kier alpha value is -0.160. The van der Waals surface area contributed by atoms with Gasteiger partial charge in [-0.3, -0.25) is 4.90 Å². The number of aliphatic hydroxyl groups is 1. The van der Waals surface area contributed by atoms with Crippen molar-refractivity contribution in [2.75, 3.05) is 26.7 Å². The third-order valence-corrected chi connectivity index (χ3v) is 3.37. The maximum absolute atomic E-state index is 10.5. The molecule has 0 aromatic carbocycles. The summed E-state index contributed by atoms with van der Waals surface area (Å²) >= 11 is 0. The molecule has 0 saturated carbocycles. The molecule has 0 radical (unpaired) electrons. The molecule has 82 valence electrons. The van der Waals surface area contributed by atoms with Crippen LogP contribution < -0.4 is 5.32 Å². The Morgan fingerprint density at radius 1 is 1.36 bits per heavy atom. The van der Waals surface area contributed by atoms with Gasteiger partial charge in [-0.2, -0.15) is 0 Å². The first kappa shape index (κ1) is 10.4. The van der Waals surface area contributed by atoms with Crippen molar-refractivity contribution < 1.29 is 9.84 Å². The van der Waals surface area contributed by atoms with Gasteiger partial charge in [0.25, 0.3) is 0 Å². The fraction of sp³-hybridized carbons (Fsp3) is 1.00. The maximum Gasteiger partial charge on any atom is 0.243 e. The minimum absolute atomic E-state index is 0.0746. The molecule has 2 aliphatic heterocycles. The molecule has 2 fully saturated rings. The zero-order valence-corrected chi connectivity index (χ0v) is 8.83. The Kier molecular flexibility index (Phi) is 3.07. The molecule has 0 amide bonds. The van der Waals surface area contributed by atoms with Gasteiger partial charge >= 0.3 is 0 Å². The predicted octanol–water partition coefficient (Wildman–Crippen LogP) is 0.127. The molecule has 2 unspecified atom stereocenters. The molecular weight excluding hydrogens is 180 g/mol. The first-order valence-corrected chi connectivity index (χ1v) is 5.53. The van der Waals surface area contributed by atoms with Crippen LogP contribution in [0.1, 0.15) is 25.7 Å². The van der Waals surface area contributed by atoms with Crippen LogP contribution in [0.3, 0.4) is 0 Å². The summed E-state index contributed by atoms with van der Waals surface area (Å²) in [5.41, 5.74) is 0. The maximum atomic E-state index is 10.5. The first-order chi connectivity index (χ1) is 6.77. The fourth-order valence-electron chi connectivity index (χ4n) is 2.53. The van der Waals surface area contributed by atoms with Crippen LogP contribution in [0.5, 0.6) is 0 Å². The Balaban J connectivity index is 2.06. The number of nitrogens with zero attached hydrogens (tertiary/aromatic N) is 1. The van der Waals surface area contributed by atoms with E-state index in [0.717, 1.165) is 32.5 Å². The van der Waals surface area contributed by atoms with E-state index in [0.29, 0.717) is 0 Å². The lowest BCUT2D eigenvalue weighted by Gasteiger charge is -2.39. The van der Waals surface area contributed by atoms with Crippen LogP contribution in [0.15, 0.2) is 0 Å². The van der Waals surface area contributed by atoms with E-state index in [9.17, 15) is 5.11 Å². The molecule has 14 heavy (non-hydrogen) atoms. The monoisotopic (exact) mass is 200 g/mol. The van der Waals surface area contributed by atoms with Gasteiger partial charge in [-0.1, -0.05) is 0 Å². The summed E-state index contributed by atoms with van der Waals surface area (Å²) in [6.07, 6.45) is 4.46. The summed E-state index contributed by atoms with van der Waals surface area (Å²) in [5, 5.41) is 13.8. The van der Waals surface area contributed by atoms with Crippen LogP contribution >= 0.6 is 0 Å². The highest BCUT2D eigenvalue weighted by atomic mass is 16.6. The minimum atomic E-state index is -1.08. The molecule has 2 rings (SSSR count). The van der Waals surface area contributed by atoms with E-state index < -0.39 is 5.91 Å². The van der Waals surface area contributed by atoms with Crippen molar-refractivity contribution in [2.45, 2.75) is 37.6 Å². The quantitative estimate of drug-likeness (QED) is 0.636. The molecule has 2 saturated heterocycles. The molecule has 0 bridgehead atoms. The summed E-state index contributed by atoms with van der Waals surface area (Å²) in [6, 6.07) is 0.0746. The highest BCUT2D eigenvalue weighted by Crippen LogP contribution is 2.27. The van der Waals surface area contributed by atoms with Gasteiger partial charge in [0.15, 0.2) is 0 Å². The van der Waals surface area contributed by atoms with E-state index in [-0.39, 0.29) is 6.04 Å². The van der Waals surface area contributed by atoms with Gasteiger partial charge in [0.1, 0.15) is 0 Å². The Bertz CT molecular complexity index is 171. The van der Waals surface area contributed by atoms with E-state index in [2.05, 4.69) is 10.2 Å². The van der Waals surface area contributed by atoms with Crippen LogP contribution in [0.4, 0.5) is 0 Å². The third kappa shape index (κ3) is 1.67. The average molecular weight is 200 g/mol. The zero-order chi connectivity index (χ0) is 10.0. The number of nitrogens with one attached hydrogen (secondary N) is 1. The lowest BCUT2D eigenvalue weighted by atomic mass is 10.1. The number of likely N-dealkylation sites (tertiary alicyclic amines) is 1. The highest BCUT2D eigenvalue weighted by molar-refractivity contribution is 4.89. The molecule has 0 aromatic rings. The average Bonchev–Trinajstić information content (AvgIpc) is 2.88. The number of ether oxygens (including phenoxy) is 1. The molecule has 2 aliphatic rings. The summed E-state index contributed by atoms with van der Waals surface area (Å²) < 4.78 is 5.32. The largest absolute Gasteiger partial charge is 0.352 e. The van der Waals surface area contributed by atoms with Crippen molar-refractivity contribution >= 4 is 0 Å². The molecular formula is C10H20N2O2. The van der Waals surface area contributed by atoms with E-state index in [1.54, 1.807) is 7.11 Å². The third-order valence-electron chi connectivity index (χ3n) is 3.37. The number of hydrogen-bond acceptors (Lipinski definition) is 4. The van der Waals surface area contributed by atoms with E-state index in [1.807, 2.05) is 0 Å². The molecule has 4 nitrogen and oxygen atoms in total. The van der Waals surface area contributed by atoms with Gasteiger partial charge in [-0.25, -0.2) is 0 Å². The normalized spacial score (nSPS) is 33.4. The van der Waals surface area contributed by atoms with E-state index in [4.69, 9.17) is 4.74 Å². The highest BCUT2D eigenvalue weighted by Gasteiger charge is 2.44. The zero-order valence-electron chi connectivity index (χ0n) is 8.83. The van der Waals surface area contributed by atoms with Gasteiger partial charge in [0.05, 0.1) is 6.04 Å². The van der Waals surface area contributed by atoms with E-state index in [1.165, 1.54) is 12.8 Å². The van der Waals surface area contributed by atoms with Gasteiger partial charge in [-0.05, 0) is 32.2 Å². The topological polar surface area (TPSA) is 44.7 Å². The summed E-state index contributed by atoms with van der Waals surface area (Å²) in [6.45, 7) is 2.88. The fourth-order valence-corrected chi connectivity index (χ4v) is 2.53. The van der Waals surface area contributed by atoms with Crippen molar-refractivity contribution in [3.05, 3.63) is 0 Å². The number of hydrogen-bond donors (Lipinski definition) is 2. The van der Waals surface area contributed by atoms with Gasteiger partial charge in [0, 0.05) is 20.2 Å². The van der Waals surface area contributed by atoms with Crippen molar-refractivity contribution in [3.8, 4) is 0 Å². The molecule has 2 heterocycles. The lowest BCUT2D eigenvalue weighted by Crippen LogP contribution is -2.60. The Morgan fingerprint density at radius 3 is 2.57 bits per heavy atom. The number of rotatable bonds is 3. The summed E-state index contributed by atoms with van der Waals surface area (Å²) in [7, 11) is 1.60. The Morgan fingerprint density at radius 2 is 2.07 bits per heavy atom. The van der Waals surface area contributed by atoms with Gasteiger partial charge in [-0.15, -0.1) is 0 Å². The second kappa shape index (κ2) is 4.14. The number of methoxy groups -OCH3 is 1.